The van der Waals surface area contributed by atoms with Crippen LogP contribution in [0.4, 0.5) is 0 Å². The van der Waals surface area contributed by atoms with Gasteiger partial charge in [-0.1, -0.05) is 12.1 Å². The summed E-state index contributed by atoms with van der Waals surface area (Å²) in [5.74, 6) is 1.81. The molecule has 0 aromatic heterocycles. The number of nitrogens with one attached hydrogen (secondary N) is 1. The average Bonchev–Trinajstić information content (AvgIpc) is 2.94. The number of amides is 1. The Labute approximate surface area is 115 Å². The van der Waals surface area contributed by atoms with Crippen molar-refractivity contribution < 1.29 is 19.0 Å². The summed E-state index contributed by atoms with van der Waals surface area (Å²) in [5, 5.41) is 2.82. The lowest BCUT2D eigenvalue weighted by atomic mass is 10.1. The Balaban J connectivity index is 1.69. The highest BCUT2D eigenvalue weighted by molar-refractivity contribution is 5.98. The van der Waals surface area contributed by atoms with E-state index in [1.54, 1.807) is 12.1 Å². The van der Waals surface area contributed by atoms with E-state index in [4.69, 9.17) is 14.2 Å². The maximum Gasteiger partial charge on any atom is 0.258 e. The number of carbonyl (C=O) groups excluding carboxylic acids is 1. The topological polar surface area (TPSA) is 56.8 Å². The van der Waals surface area contributed by atoms with Gasteiger partial charge in [-0.3, -0.25) is 4.79 Å². The molecule has 2 aliphatic heterocycles. The summed E-state index contributed by atoms with van der Waals surface area (Å²) in [6.07, 6.45) is -0.521. The van der Waals surface area contributed by atoms with Crippen LogP contribution in [0.25, 0.3) is 0 Å². The molecule has 0 saturated heterocycles. The van der Waals surface area contributed by atoms with Gasteiger partial charge in [-0.05, 0) is 30.3 Å². The van der Waals surface area contributed by atoms with E-state index < -0.39 is 6.23 Å². The van der Waals surface area contributed by atoms with Gasteiger partial charge in [-0.15, -0.1) is 0 Å². The third kappa shape index (κ3) is 1.67. The zero-order valence-corrected chi connectivity index (χ0v) is 10.5. The number of rotatable bonds is 1. The lowest BCUT2D eigenvalue weighted by Crippen LogP contribution is -2.36. The molecule has 2 aliphatic rings. The molecule has 1 amide bonds. The molecule has 0 saturated carbocycles. The predicted molar refractivity (Wildman–Crippen MR) is 69.8 cm³/mol. The quantitative estimate of drug-likeness (QED) is 0.862. The van der Waals surface area contributed by atoms with E-state index in [-0.39, 0.29) is 12.7 Å². The Bertz CT molecular complexity index is 698. The van der Waals surface area contributed by atoms with Crippen molar-refractivity contribution in [3.8, 4) is 17.2 Å². The monoisotopic (exact) mass is 269 g/mol. The highest BCUT2D eigenvalue weighted by atomic mass is 16.7. The molecule has 5 nitrogen and oxygen atoms in total. The first-order valence-corrected chi connectivity index (χ1v) is 6.27. The van der Waals surface area contributed by atoms with Crippen LogP contribution in [0.2, 0.25) is 0 Å². The second kappa shape index (κ2) is 4.16. The van der Waals surface area contributed by atoms with Crippen LogP contribution in [0.5, 0.6) is 17.2 Å². The maximum absolute atomic E-state index is 12.1. The molecule has 1 N–H and O–H groups in total. The number of para-hydroxylation sites is 1. The van der Waals surface area contributed by atoms with Crippen molar-refractivity contribution in [2.45, 2.75) is 6.23 Å². The van der Waals surface area contributed by atoms with Crippen LogP contribution >= 0.6 is 0 Å². The molecule has 0 fully saturated rings. The van der Waals surface area contributed by atoms with Gasteiger partial charge in [0.05, 0.1) is 5.56 Å². The van der Waals surface area contributed by atoms with Gasteiger partial charge in [0.1, 0.15) is 5.75 Å². The SMILES string of the molecule is O=C1NC(c2ccc3c(c2)OCO3)Oc2ccccc21. The van der Waals surface area contributed by atoms with E-state index in [9.17, 15) is 4.79 Å². The normalized spacial score (nSPS) is 19.0. The van der Waals surface area contributed by atoms with E-state index in [1.165, 1.54) is 0 Å². The summed E-state index contributed by atoms with van der Waals surface area (Å²) in [6.45, 7) is 0.222. The summed E-state index contributed by atoms with van der Waals surface area (Å²) in [5.41, 5.74) is 1.36. The number of carbonyl (C=O) groups is 1. The molecule has 0 radical (unpaired) electrons. The van der Waals surface area contributed by atoms with Crippen LogP contribution in [-0.4, -0.2) is 12.7 Å². The smallest absolute Gasteiger partial charge is 0.258 e. The number of hydrogen-bond donors (Lipinski definition) is 1. The third-order valence-corrected chi connectivity index (χ3v) is 3.34. The van der Waals surface area contributed by atoms with Gasteiger partial charge in [0.15, 0.2) is 17.7 Å². The zero-order valence-electron chi connectivity index (χ0n) is 10.5. The largest absolute Gasteiger partial charge is 0.466 e. The van der Waals surface area contributed by atoms with Crippen molar-refractivity contribution in [1.29, 1.82) is 0 Å². The van der Waals surface area contributed by atoms with Gasteiger partial charge in [0.25, 0.3) is 5.91 Å². The Kier molecular flexibility index (Phi) is 2.32. The van der Waals surface area contributed by atoms with Gasteiger partial charge < -0.3 is 19.5 Å². The van der Waals surface area contributed by atoms with Crippen LogP contribution in [0, 0.1) is 0 Å². The molecule has 4 rings (SSSR count). The van der Waals surface area contributed by atoms with Crippen molar-refractivity contribution in [3.63, 3.8) is 0 Å². The van der Waals surface area contributed by atoms with Crippen LogP contribution in [0.3, 0.4) is 0 Å². The summed E-state index contributed by atoms with van der Waals surface area (Å²) >= 11 is 0. The lowest BCUT2D eigenvalue weighted by molar-refractivity contribution is 0.0755. The molecule has 2 aromatic rings. The molecule has 5 heteroatoms. The number of hydrogen-bond acceptors (Lipinski definition) is 4. The summed E-state index contributed by atoms with van der Waals surface area (Å²) in [6, 6.07) is 12.7. The number of benzene rings is 2. The van der Waals surface area contributed by atoms with E-state index >= 15 is 0 Å². The maximum atomic E-state index is 12.1. The highest BCUT2D eigenvalue weighted by Crippen LogP contribution is 2.36. The van der Waals surface area contributed by atoms with Gasteiger partial charge in [-0.25, -0.2) is 0 Å². The fourth-order valence-corrected chi connectivity index (χ4v) is 2.34. The minimum absolute atomic E-state index is 0.144. The van der Waals surface area contributed by atoms with Crippen LogP contribution < -0.4 is 19.5 Å². The molecule has 100 valence electrons. The van der Waals surface area contributed by atoms with E-state index in [2.05, 4.69) is 5.32 Å². The Hall–Kier alpha value is -2.69. The van der Waals surface area contributed by atoms with E-state index in [0.29, 0.717) is 22.8 Å². The minimum Gasteiger partial charge on any atom is -0.466 e. The third-order valence-electron chi connectivity index (χ3n) is 3.34. The molecule has 20 heavy (non-hydrogen) atoms. The van der Waals surface area contributed by atoms with Crippen molar-refractivity contribution in [2.24, 2.45) is 0 Å². The molecule has 2 heterocycles. The van der Waals surface area contributed by atoms with Crippen LogP contribution in [0.15, 0.2) is 42.5 Å². The second-order valence-corrected chi connectivity index (χ2v) is 4.58. The van der Waals surface area contributed by atoms with E-state index in [0.717, 1.165) is 5.56 Å². The lowest BCUT2D eigenvalue weighted by Gasteiger charge is -2.27. The van der Waals surface area contributed by atoms with Crippen molar-refractivity contribution in [3.05, 3.63) is 53.6 Å². The highest BCUT2D eigenvalue weighted by Gasteiger charge is 2.27. The Morgan fingerprint density at radius 3 is 2.80 bits per heavy atom. The summed E-state index contributed by atoms with van der Waals surface area (Å²) in [4.78, 5) is 12.1. The first kappa shape index (κ1) is 11.2. The minimum atomic E-state index is -0.521. The van der Waals surface area contributed by atoms with Crippen molar-refractivity contribution >= 4 is 5.91 Å². The van der Waals surface area contributed by atoms with Gasteiger partial charge in [0.2, 0.25) is 6.79 Å². The Morgan fingerprint density at radius 2 is 1.85 bits per heavy atom. The molecule has 0 spiro atoms. The molecule has 1 atom stereocenters. The summed E-state index contributed by atoms with van der Waals surface area (Å²) < 4.78 is 16.4. The molecule has 1 unspecified atom stereocenters. The molecule has 0 bridgehead atoms. The Morgan fingerprint density at radius 1 is 1.00 bits per heavy atom. The van der Waals surface area contributed by atoms with E-state index in [1.807, 2.05) is 30.3 Å². The molecular formula is C15H11NO4. The van der Waals surface area contributed by atoms with Gasteiger partial charge in [0, 0.05) is 5.56 Å². The van der Waals surface area contributed by atoms with Crippen LogP contribution in [-0.2, 0) is 0 Å². The first-order valence-electron chi connectivity index (χ1n) is 6.27. The number of fused-ring (bicyclic) bond motifs is 2. The van der Waals surface area contributed by atoms with Gasteiger partial charge in [-0.2, -0.15) is 0 Å². The fourth-order valence-electron chi connectivity index (χ4n) is 2.34. The van der Waals surface area contributed by atoms with Gasteiger partial charge >= 0.3 is 0 Å². The van der Waals surface area contributed by atoms with Crippen LogP contribution in [0.1, 0.15) is 22.1 Å². The predicted octanol–water partition coefficient (Wildman–Crippen LogP) is 2.24. The first-order chi connectivity index (χ1) is 9.81. The zero-order chi connectivity index (χ0) is 13.5. The fraction of sp³-hybridized carbons (Fsp3) is 0.133. The van der Waals surface area contributed by atoms with Crippen molar-refractivity contribution in [1.82, 2.24) is 5.32 Å². The molecular weight excluding hydrogens is 258 g/mol. The second-order valence-electron chi connectivity index (χ2n) is 4.58. The standard InChI is InChI=1S/C15H11NO4/c17-14-10-3-1-2-4-11(10)20-15(16-14)9-5-6-12-13(7-9)19-8-18-12/h1-7,15H,8H2,(H,16,17). The number of ether oxygens (including phenoxy) is 3. The molecule has 0 aliphatic carbocycles. The molecule has 2 aromatic carbocycles. The van der Waals surface area contributed by atoms with Crippen molar-refractivity contribution in [2.75, 3.05) is 6.79 Å². The summed E-state index contributed by atoms with van der Waals surface area (Å²) in [7, 11) is 0. The average molecular weight is 269 g/mol.